The van der Waals surface area contributed by atoms with E-state index in [1.54, 1.807) is 0 Å². The van der Waals surface area contributed by atoms with Crippen LogP contribution in [0.4, 0.5) is 13.6 Å². The van der Waals surface area contributed by atoms with E-state index in [4.69, 9.17) is 5.26 Å². The molecule has 0 bridgehead atoms. The fourth-order valence-corrected chi connectivity index (χ4v) is 5.44. The number of benzene rings is 1. The molecule has 0 atom stereocenters. The lowest BCUT2D eigenvalue weighted by Gasteiger charge is -2.63. The molecule has 2 amide bonds. The van der Waals surface area contributed by atoms with Crippen LogP contribution >= 0.6 is 0 Å². The van der Waals surface area contributed by atoms with Crippen molar-refractivity contribution in [3.05, 3.63) is 35.4 Å². The van der Waals surface area contributed by atoms with Gasteiger partial charge in [0.05, 0.1) is 6.07 Å². The molecule has 4 fully saturated rings. The van der Waals surface area contributed by atoms with Crippen molar-refractivity contribution in [2.75, 3.05) is 39.3 Å². The summed E-state index contributed by atoms with van der Waals surface area (Å²) in [5.41, 5.74) is 0.892. The maximum absolute atomic E-state index is 13.8. The fourth-order valence-electron chi connectivity index (χ4n) is 5.44. The van der Waals surface area contributed by atoms with Crippen molar-refractivity contribution in [1.82, 2.24) is 14.7 Å². The summed E-state index contributed by atoms with van der Waals surface area (Å²) in [4.78, 5) is 18.5. The molecule has 0 unspecified atom stereocenters. The summed E-state index contributed by atoms with van der Waals surface area (Å²) in [6.45, 7) is 5.29. The van der Waals surface area contributed by atoms with Gasteiger partial charge in [-0.05, 0) is 18.9 Å². The van der Waals surface area contributed by atoms with E-state index < -0.39 is 11.6 Å². The number of rotatable bonds is 2. The van der Waals surface area contributed by atoms with Crippen LogP contribution in [0.1, 0.15) is 18.4 Å². The quantitative estimate of drug-likeness (QED) is 0.801. The molecule has 1 aliphatic carbocycles. The molecule has 27 heavy (non-hydrogen) atoms. The molecule has 2 spiro atoms. The van der Waals surface area contributed by atoms with Crippen molar-refractivity contribution < 1.29 is 13.6 Å². The van der Waals surface area contributed by atoms with Gasteiger partial charge in [-0.2, -0.15) is 5.26 Å². The highest BCUT2D eigenvalue weighted by Crippen LogP contribution is 2.52. The van der Waals surface area contributed by atoms with Crippen LogP contribution < -0.4 is 0 Å². The van der Waals surface area contributed by atoms with Gasteiger partial charge in [-0.3, -0.25) is 4.90 Å². The van der Waals surface area contributed by atoms with Gasteiger partial charge >= 0.3 is 6.03 Å². The Kier molecular flexibility index (Phi) is 3.54. The topological polar surface area (TPSA) is 50.6 Å². The Balaban J connectivity index is 1.07. The van der Waals surface area contributed by atoms with Crippen LogP contribution in [0.2, 0.25) is 0 Å². The van der Waals surface area contributed by atoms with Crippen LogP contribution in [0.5, 0.6) is 0 Å². The van der Waals surface area contributed by atoms with E-state index in [1.807, 2.05) is 9.80 Å². The summed E-state index contributed by atoms with van der Waals surface area (Å²) in [5, 5.41) is 8.90. The molecule has 1 aromatic rings. The molecule has 142 valence electrons. The molecule has 0 radical (unpaired) electrons. The second-order valence-corrected chi connectivity index (χ2v) is 9.11. The molecule has 3 saturated heterocycles. The lowest BCUT2D eigenvalue weighted by atomic mass is 9.58. The zero-order chi connectivity index (χ0) is 18.8. The fraction of sp³-hybridized carbons (Fsp3) is 0.600. The van der Waals surface area contributed by atoms with Gasteiger partial charge in [-0.25, -0.2) is 13.6 Å². The zero-order valence-corrected chi connectivity index (χ0v) is 15.1. The Morgan fingerprint density at radius 2 is 1.70 bits per heavy atom. The monoisotopic (exact) mass is 372 g/mol. The number of nitrogens with zero attached hydrogens (tertiary/aromatic N) is 4. The lowest BCUT2D eigenvalue weighted by Crippen LogP contribution is -2.75. The third-order valence-electron chi connectivity index (χ3n) is 6.71. The maximum atomic E-state index is 13.8. The van der Waals surface area contributed by atoms with Gasteiger partial charge in [0, 0.05) is 74.2 Å². The molecule has 1 aromatic carbocycles. The number of hydrogen-bond acceptors (Lipinski definition) is 3. The highest BCUT2D eigenvalue weighted by atomic mass is 19.1. The summed E-state index contributed by atoms with van der Waals surface area (Å²) in [6.07, 6.45) is 1.87. The van der Waals surface area contributed by atoms with E-state index in [0.717, 1.165) is 58.2 Å². The van der Waals surface area contributed by atoms with E-state index in [2.05, 4.69) is 11.0 Å². The van der Waals surface area contributed by atoms with Crippen molar-refractivity contribution in [3.8, 4) is 6.07 Å². The molecule has 5 rings (SSSR count). The Morgan fingerprint density at radius 1 is 1.07 bits per heavy atom. The van der Waals surface area contributed by atoms with Gasteiger partial charge in [0.1, 0.15) is 11.6 Å². The summed E-state index contributed by atoms with van der Waals surface area (Å²) in [7, 11) is 0. The summed E-state index contributed by atoms with van der Waals surface area (Å²) >= 11 is 0. The van der Waals surface area contributed by atoms with E-state index in [0.29, 0.717) is 12.1 Å². The number of likely N-dealkylation sites (tertiary alicyclic amines) is 3. The molecule has 7 heteroatoms. The molecular weight excluding hydrogens is 350 g/mol. The van der Waals surface area contributed by atoms with Gasteiger partial charge in [-0.1, -0.05) is 6.07 Å². The first-order valence-electron chi connectivity index (χ1n) is 9.49. The van der Waals surface area contributed by atoms with Crippen LogP contribution in [-0.2, 0) is 6.54 Å². The molecule has 3 aliphatic heterocycles. The summed E-state index contributed by atoms with van der Waals surface area (Å²) in [5.74, 6) is -0.869. The van der Waals surface area contributed by atoms with Crippen LogP contribution in [0.15, 0.2) is 18.2 Å². The van der Waals surface area contributed by atoms with Gasteiger partial charge in [0.2, 0.25) is 0 Å². The minimum absolute atomic E-state index is 0.120. The minimum atomic E-state index is -0.553. The van der Waals surface area contributed by atoms with E-state index in [9.17, 15) is 13.6 Å². The average molecular weight is 372 g/mol. The predicted octanol–water partition coefficient (Wildman–Crippen LogP) is 2.44. The number of nitriles is 1. The van der Waals surface area contributed by atoms with E-state index in [1.165, 1.54) is 12.1 Å². The van der Waals surface area contributed by atoms with Crippen molar-refractivity contribution >= 4 is 6.03 Å². The third-order valence-corrected chi connectivity index (χ3v) is 6.71. The molecule has 1 saturated carbocycles. The third kappa shape index (κ3) is 2.69. The molecule has 3 heterocycles. The molecule has 0 aromatic heterocycles. The number of hydrogen-bond donors (Lipinski definition) is 0. The normalized spacial score (nSPS) is 25.4. The molecule has 0 N–H and O–H groups in total. The first kappa shape index (κ1) is 16.9. The SMILES string of the molecule is N#CC1CC2(C1)CN(C(=O)N1CC3(CN(Cc4ccc(F)cc4F)C3)C1)C2. The number of halogens is 2. The summed E-state index contributed by atoms with van der Waals surface area (Å²) in [6, 6.07) is 6.15. The Labute approximate surface area is 157 Å². The van der Waals surface area contributed by atoms with Gasteiger partial charge in [0.25, 0.3) is 0 Å². The molecular formula is C20H22F2N4O. The van der Waals surface area contributed by atoms with Crippen LogP contribution in [0.25, 0.3) is 0 Å². The average Bonchev–Trinajstić information content (AvgIpc) is 2.47. The largest absolute Gasteiger partial charge is 0.323 e. The van der Waals surface area contributed by atoms with Crippen molar-refractivity contribution in [3.63, 3.8) is 0 Å². The van der Waals surface area contributed by atoms with Gasteiger partial charge in [-0.15, -0.1) is 0 Å². The van der Waals surface area contributed by atoms with Crippen molar-refractivity contribution in [2.24, 2.45) is 16.7 Å². The maximum Gasteiger partial charge on any atom is 0.320 e. The molecule has 4 aliphatic rings. The standard InChI is InChI=1S/C20H22F2N4O/c21-16-2-1-15(17(22)3-16)7-24-8-20(9-24)12-26(13-20)18(27)25-10-19(11-25)4-14(5-19)6-23/h1-3,14H,4-5,7-13H2. The highest BCUT2D eigenvalue weighted by Gasteiger charge is 2.58. The lowest BCUT2D eigenvalue weighted by molar-refractivity contribution is -0.118. The van der Waals surface area contributed by atoms with Gasteiger partial charge in [0.15, 0.2) is 0 Å². The number of carbonyl (C=O) groups is 1. The van der Waals surface area contributed by atoms with Crippen LogP contribution in [-0.4, -0.2) is 60.0 Å². The Morgan fingerprint density at radius 3 is 2.30 bits per heavy atom. The molecule has 5 nitrogen and oxygen atoms in total. The van der Waals surface area contributed by atoms with E-state index in [-0.39, 0.29) is 22.8 Å². The smallest absolute Gasteiger partial charge is 0.320 e. The highest BCUT2D eigenvalue weighted by molar-refractivity contribution is 5.77. The first-order chi connectivity index (χ1) is 12.9. The van der Waals surface area contributed by atoms with E-state index >= 15 is 0 Å². The number of amides is 2. The van der Waals surface area contributed by atoms with Crippen LogP contribution in [0.3, 0.4) is 0 Å². The van der Waals surface area contributed by atoms with Gasteiger partial charge < -0.3 is 9.80 Å². The predicted molar refractivity (Wildman–Crippen MR) is 93.4 cm³/mol. The Hall–Kier alpha value is -2.20. The Bertz CT molecular complexity index is 823. The summed E-state index contributed by atoms with van der Waals surface area (Å²) < 4.78 is 26.8. The second-order valence-electron chi connectivity index (χ2n) is 9.11. The van der Waals surface area contributed by atoms with Crippen LogP contribution in [0, 0.1) is 39.7 Å². The van der Waals surface area contributed by atoms with Crippen molar-refractivity contribution in [1.29, 1.82) is 5.26 Å². The number of urea groups is 1. The zero-order valence-electron chi connectivity index (χ0n) is 15.1. The second kappa shape index (κ2) is 5.65. The number of carbonyl (C=O) groups excluding carboxylic acids is 1. The van der Waals surface area contributed by atoms with Crippen molar-refractivity contribution in [2.45, 2.75) is 19.4 Å². The minimum Gasteiger partial charge on any atom is -0.323 e. The first-order valence-corrected chi connectivity index (χ1v) is 9.49.